The number of halogens is 1. The highest BCUT2D eigenvalue weighted by Gasteiger charge is 2.19. The van der Waals surface area contributed by atoms with Crippen LogP contribution < -0.4 is 0 Å². The molecule has 1 aliphatic rings. The van der Waals surface area contributed by atoms with E-state index in [0.29, 0.717) is 5.92 Å². The molecule has 16 heavy (non-hydrogen) atoms. The molecule has 0 saturated carbocycles. The molecule has 1 aromatic rings. The third-order valence-electron chi connectivity index (χ3n) is 3.06. The second-order valence-electron chi connectivity index (χ2n) is 4.24. The van der Waals surface area contributed by atoms with Crippen molar-refractivity contribution in [2.75, 3.05) is 19.8 Å². The van der Waals surface area contributed by atoms with Crippen molar-refractivity contribution in [2.24, 2.45) is 0 Å². The Morgan fingerprint density at radius 3 is 2.94 bits per heavy atom. The monoisotopic (exact) mass is 284 g/mol. The number of aliphatic hydroxyl groups is 1. The van der Waals surface area contributed by atoms with Crippen LogP contribution in [0.15, 0.2) is 22.7 Å². The van der Waals surface area contributed by atoms with E-state index in [1.807, 2.05) is 0 Å². The maximum absolute atomic E-state index is 8.80. The van der Waals surface area contributed by atoms with Gasteiger partial charge in [0, 0.05) is 23.6 Å². The minimum absolute atomic E-state index is 0.260. The van der Waals surface area contributed by atoms with Gasteiger partial charge in [0.25, 0.3) is 0 Å². The molecule has 0 bridgehead atoms. The number of rotatable bonds is 4. The van der Waals surface area contributed by atoms with Gasteiger partial charge in [-0.05, 0) is 36.5 Å². The van der Waals surface area contributed by atoms with E-state index in [0.717, 1.165) is 32.5 Å². The Kier molecular flexibility index (Phi) is 4.38. The maximum atomic E-state index is 8.80. The van der Waals surface area contributed by atoms with Crippen LogP contribution in [0.5, 0.6) is 0 Å². The Labute approximate surface area is 105 Å². The van der Waals surface area contributed by atoms with E-state index in [9.17, 15) is 0 Å². The normalized spacial score (nSPS) is 20.2. The van der Waals surface area contributed by atoms with Crippen LogP contribution in [0.3, 0.4) is 0 Å². The van der Waals surface area contributed by atoms with Gasteiger partial charge in [0.05, 0.1) is 6.61 Å². The van der Waals surface area contributed by atoms with E-state index in [-0.39, 0.29) is 6.61 Å². The molecule has 1 N–H and O–H groups in total. The van der Waals surface area contributed by atoms with Crippen LogP contribution >= 0.6 is 15.9 Å². The molecule has 2 rings (SSSR count). The first-order chi connectivity index (χ1) is 7.81. The van der Waals surface area contributed by atoms with E-state index >= 15 is 0 Å². The predicted octanol–water partition coefficient (Wildman–Crippen LogP) is 2.88. The van der Waals surface area contributed by atoms with Crippen molar-refractivity contribution in [1.29, 1.82) is 0 Å². The Balaban J connectivity index is 2.09. The van der Waals surface area contributed by atoms with Crippen LogP contribution in [-0.2, 0) is 11.2 Å². The number of aliphatic hydroxyl groups excluding tert-OH is 1. The maximum Gasteiger partial charge on any atom is 0.0535 e. The molecule has 1 fully saturated rings. The summed E-state index contributed by atoms with van der Waals surface area (Å²) in [6.45, 7) is 1.98. The third-order valence-corrected chi connectivity index (χ3v) is 3.74. The standard InChI is InChI=1S/C13H17BrO2/c14-13-8-10(2-1-6-15)3-4-12(13)11-5-7-16-9-11/h3-4,8,11,15H,1-2,5-7,9H2. The van der Waals surface area contributed by atoms with Crippen LogP contribution in [0.4, 0.5) is 0 Å². The van der Waals surface area contributed by atoms with Gasteiger partial charge in [-0.3, -0.25) is 0 Å². The number of ether oxygens (including phenoxy) is 1. The van der Waals surface area contributed by atoms with Crippen molar-refractivity contribution in [3.8, 4) is 0 Å². The zero-order valence-corrected chi connectivity index (χ0v) is 10.9. The highest BCUT2D eigenvalue weighted by Crippen LogP contribution is 2.31. The van der Waals surface area contributed by atoms with Crippen molar-refractivity contribution in [3.63, 3.8) is 0 Å². The van der Waals surface area contributed by atoms with Gasteiger partial charge in [0.2, 0.25) is 0 Å². The van der Waals surface area contributed by atoms with Crippen LogP contribution in [0.1, 0.15) is 29.9 Å². The van der Waals surface area contributed by atoms with Crippen LogP contribution in [0, 0.1) is 0 Å². The van der Waals surface area contributed by atoms with E-state index in [1.165, 1.54) is 15.6 Å². The largest absolute Gasteiger partial charge is 0.396 e. The first-order valence-electron chi connectivity index (χ1n) is 5.78. The quantitative estimate of drug-likeness (QED) is 0.921. The average Bonchev–Trinajstić information content (AvgIpc) is 2.80. The van der Waals surface area contributed by atoms with Gasteiger partial charge in [-0.25, -0.2) is 0 Å². The Hall–Kier alpha value is -0.380. The summed E-state index contributed by atoms with van der Waals surface area (Å²) in [5, 5.41) is 8.80. The summed E-state index contributed by atoms with van der Waals surface area (Å²) in [7, 11) is 0. The van der Waals surface area contributed by atoms with Crippen LogP contribution in [-0.4, -0.2) is 24.9 Å². The van der Waals surface area contributed by atoms with Gasteiger partial charge in [-0.2, -0.15) is 0 Å². The van der Waals surface area contributed by atoms with Gasteiger partial charge in [-0.15, -0.1) is 0 Å². The molecule has 0 radical (unpaired) electrons. The fraction of sp³-hybridized carbons (Fsp3) is 0.538. The SMILES string of the molecule is OCCCc1ccc(C2CCOC2)c(Br)c1. The molecule has 3 heteroatoms. The molecule has 88 valence electrons. The van der Waals surface area contributed by atoms with Gasteiger partial charge >= 0.3 is 0 Å². The zero-order valence-electron chi connectivity index (χ0n) is 9.29. The molecule has 2 nitrogen and oxygen atoms in total. The third kappa shape index (κ3) is 2.84. The van der Waals surface area contributed by atoms with Crippen molar-refractivity contribution in [1.82, 2.24) is 0 Å². The van der Waals surface area contributed by atoms with Crippen molar-refractivity contribution < 1.29 is 9.84 Å². The molecular formula is C13H17BrO2. The van der Waals surface area contributed by atoms with Gasteiger partial charge in [0.1, 0.15) is 0 Å². The molecule has 0 aliphatic carbocycles. The lowest BCUT2D eigenvalue weighted by Gasteiger charge is -2.12. The summed E-state index contributed by atoms with van der Waals surface area (Å²) < 4.78 is 6.59. The van der Waals surface area contributed by atoms with Crippen molar-refractivity contribution in [3.05, 3.63) is 33.8 Å². The second-order valence-corrected chi connectivity index (χ2v) is 5.10. The molecular weight excluding hydrogens is 268 g/mol. The fourth-order valence-electron chi connectivity index (χ4n) is 2.12. The highest BCUT2D eigenvalue weighted by atomic mass is 79.9. The second kappa shape index (κ2) is 5.80. The summed E-state index contributed by atoms with van der Waals surface area (Å²) in [6.07, 6.45) is 2.89. The number of hydrogen-bond donors (Lipinski definition) is 1. The molecule has 1 heterocycles. The lowest BCUT2D eigenvalue weighted by atomic mass is 9.96. The van der Waals surface area contributed by atoms with Gasteiger partial charge in [0.15, 0.2) is 0 Å². The van der Waals surface area contributed by atoms with Crippen molar-refractivity contribution >= 4 is 15.9 Å². The van der Waals surface area contributed by atoms with E-state index in [4.69, 9.17) is 9.84 Å². The summed E-state index contributed by atoms with van der Waals surface area (Å²) in [6, 6.07) is 6.52. The predicted molar refractivity (Wildman–Crippen MR) is 67.7 cm³/mol. The van der Waals surface area contributed by atoms with E-state index in [2.05, 4.69) is 34.1 Å². The highest BCUT2D eigenvalue weighted by molar-refractivity contribution is 9.10. The lowest BCUT2D eigenvalue weighted by Crippen LogP contribution is -1.99. The molecule has 0 aromatic heterocycles. The fourth-order valence-corrected chi connectivity index (χ4v) is 2.87. The molecule has 1 atom stereocenters. The Morgan fingerprint density at radius 1 is 1.44 bits per heavy atom. The number of benzene rings is 1. The zero-order chi connectivity index (χ0) is 11.4. The van der Waals surface area contributed by atoms with Gasteiger partial charge < -0.3 is 9.84 Å². The summed E-state index contributed by atoms with van der Waals surface area (Å²) in [5.41, 5.74) is 2.63. The minimum Gasteiger partial charge on any atom is -0.396 e. The topological polar surface area (TPSA) is 29.5 Å². The number of hydrogen-bond acceptors (Lipinski definition) is 2. The molecule has 1 saturated heterocycles. The molecule has 1 aliphatic heterocycles. The Morgan fingerprint density at radius 2 is 2.31 bits per heavy atom. The van der Waals surface area contributed by atoms with E-state index in [1.54, 1.807) is 0 Å². The molecule has 1 aromatic carbocycles. The molecule has 1 unspecified atom stereocenters. The Bertz CT molecular complexity index is 346. The van der Waals surface area contributed by atoms with Gasteiger partial charge in [-0.1, -0.05) is 28.1 Å². The smallest absolute Gasteiger partial charge is 0.0535 e. The lowest BCUT2D eigenvalue weighted by molar-refractivity contribution is 0.194. The summed E-state index contributed by atoms with van der Waals surface area (Å²) in [5.74, 6) is 0.543. The number of aryl methyl sites for hydroxylation is 1. The van der Waals surface area contributed by atoms with Crippen molar-refractivity contribution in [2.45, 2.75) is 25.2 Å². The molecule has 0 amide bonds. The average molecular weight is 285 g/mol. The molecule has 0 spiro atoms. The summed E-state index contributed by atoms with van der Waals surface area (Å²) >= 11 is 3.63. The first kappa shape index (κ1) is 12.1. The summed E-state index contributed by atoms with van der Waals surface area (Å²) in [4.78, 5) is 0. The van der Waals surface area contributed by atoms with Crippen LogP contribution in [0.25, 0.3) is 0 Å². The minimum atomic E-state index is 0.260. The first-order valence-corrected chi connectivity index (χ1v) is 6.57. The van der Waals surface area contributed by atoms with Crippen LogP contribution in [0.2, 0.25) is 0 Å². The van der Waals surface area contributed by atoms with E-state index < -0.39 is 0 Å².